The Balaban J connectivity index is 1.83. The predicted octanol–water partition coefficient (Wildman–Crippen LogP) is 3.40. The zero-order valence-corrected chi connectivity index (χ0v) is 13.7. The Labute approximate surface area is 146 Å². The largest absolute Gasteiger partial charge is 0.406 e. The number of hydrogen-bond acceptors (Lipinski definition) is 3. The van der Waals surface area contributed by atoms with Gasteiger partial charge in [0.15, 0.2) is 0 Å². The van der Waals surface area contributed by atoms with Gasteiger partial charge in [0.2, 0.25) is 0 Å². The van der Waals surface area contributed by atoms with Crippen molar-refractivity contribution in [1.29, 1.82) is 0 Å². The summed E-state index contributed by atoms with van der Waals surface area (Å²) in [7, 11) is 0. The first-order chi connectivity index (χ1) is 12.3. The third-order valence-electron chi connectivity index (χ3n) is 4.19. The molecule has 9 heteroatoms. The molecule has 1 aromatic carbocycles. The number of amides is 1. The number of carbonyl (C=O) groups excluding carboxylic acids is 1. The van der Waals surface area contributed by atoms with Crippen molar-refractivity contribution in [3.63, 3.8) is 0 Å². The van der Waals surface area contributed by atoms with Crippen LogP contribution in [-0.4, -0.2) is 53.0 Å². The molecule has 3 rings (SSSR count). The van der Waals surface area contributed by atoms with Crippen LogP contribution in [0, 0.1) is 5.82 Å². The van der Waals surface area contributed by atoms with E-state index in [1.165, 1.54) is 30.3 Å². The highest BCUT2D eigenvalue weighted by Gasteiger charge is 2.38. The highest BCUT2D eigenvalue weighted by molar-refractivity contribution is 5.93. The third kappa shape index (κ3) is 4.40. The summed E-state index contributed by atoms with van der Waals surface area (Å²) >= 11 is 0. The molecule has 1 saturated heterocycles. The molecular formula is C17H17F4N3O2. The number of H-pyrrole nitrogens is 1. The van der Waals surface area contributed by atoms with Gasteiger partial charge in [-0.2, -0.15) is 18.3 Å². The SMILES string of the molecule is O=C(c1cc(-c2ccc(F)cc2)n[nH]1)N(CC(F)(F)F)C1CCOCC1. The van der Waals surface area contributed by atoms with Crippen molar-refractivity contribution in [3.8, 4) is 11.3 Å². The molecular weight excluding hydrogens is 354 g/mol. The fourth-order valence-electron chi connectivity index (χ4n) is 2.91. The van der Waals surface area contributed by atoms with E-state index in [0.717, 1.165) is 4.90 Å². The maximum absolute atomic E-state index is 13.0. The van der Waals surface area contributed by atoms with Crippen molar-refractivity contribution in [3.05, 3.63) is 41.8 Å². The quantitative estimate of drug-likeness (QED) is 0.838. The van der Waals surface area contributed by atoms with E-state index in [1.807, 2.05) is 0 Å². The van der Waals surface area contributed by atoms with Crippen molar-refractivity contribution in [2.45, 2.75) is 25.1 Å². The van der Waals surface area contributed by atoms with Crippen LogP contribution in [0.15, 0.2) is 30.3 Å². The van der Waals surface area contributed by atoms with E-state index in [9.17, 15) is 22.4 Å². The maximum atomic E-state index is 13.0. The number of alkyl halides is 3. The molecule has 0 bridgehead atoms. The summed E-state index contributed by atoms with van der Waals surface area (Å²) in [5, 5.41) is 6.45. The fourth-order valence-corrected chi connectivity index (χ4v) is 2.91. The molecule has 5 nitrogen and oxygen atoms in total. The summed E-state index contributed by atoms with van der Waals surface area (Å²) < 4.78 is 57.0. The first-order valence-electron chi connectivity index (χ1n) is 8.10. The van der Waals surface area contributed by atoms with E-state index in [-0.39, 0.29) is 5.69 Å². The predicted molar refractivity (Wildman–Crippen MR) is 84.9 cm³/mol. The molecule has 1 aliphatic heterocycles. The second-order valence-electron chi connectivity index (χ2n) is 6.07. The molecule has 0 unspecified atom stereocenters. The minimum atomic E-state index is -4.51. The molecule has 1 fully saturated rings. The summed E-state index contributed by atoms with van der Waals surface area (Å²) in [6.07, 6.45) is -3.81. The standard InChI is InChI=1S/C17H17F4N3O2/c18-12-3-1-11(2-4-12)14-9-15(23-22-14)16(25)24(10-17(19,20)21)13-5-7-26-8-6-13/h1-4,9,13H,5-8,10H2,(H,22,23). The van der Waals surface area contributed by atoms with Gasteiger partial charge >= 0.3 is 6.18 Å². The van der Waals surface area contributed by atoms with E-state index in [0.29, 0.717) is 37.3 Å². The average Bonchev–Trinajstić information content (AvgIpc) is 3.10. The minimum absolute atomic E-state index is 0.0416. The van der Waals surface area contributed by atoms with Gasteiger partial charge < -0.3 is 9.64 Å². The fraction of sp³-hybridized carbons (Fsp3) is 0.412. The van der Waals surface area contributed by atoms with Crippen LogP contribution in [0.25, 0.3) is 11.3 Å². The summed E-state index contributed by atoms with van der Waals surface area (Å²) in [6, 6.07) is 6.26. The zero-order chi connectivity index (χ0) is 18.7. The van der Waals surface area contributed by atoms with Crippen LogP contribution in [0.5, 0.6) is 0 Å². The van der Waals surface area contributed by atoms with Crippen LogP contribution in [-0.2, 0) is 4.74 Å². The number of nitrogens with zero attached hydrogens (tertiary/aromatic N) is 2. The number of halogens is 4. The molecule has 0 radical (unpaired) electrons. The Kier molecular flexibility index (Phi) is 5.26. The van der Waals surface area contributed by atoms with Gasteiger partial charge in [-0.15, -0.1) is 0 Å². The molecule has 0 saturated carbocycles. The number of hydrogen-bond donors (Lipinski definition) is 1. The van der Waals surface area contributed by atoms with Crippen LogP contribution < -0.4 is 0 Å². The average molecular weight is 371 g/mol. The van der Waals surface area contributed by atoms with Crippen molar-refractivity contribution in [2.75, 3.05) is 19.8 Å². The molecule has 2 heterocycles. The first kappa shape index (κ1) is 18.4. The van der Waals surface area contributed by atoms with Gasteiger partial charge in [0, 0.05) is 24.8 Å². The van der Waals surface area contributed by atoms with Gasteiger partial charge in [-0.25, -0.2) is 4.39 Å². The lowest BCUT2D eigenvalue weighted by Gasteiger charge is -2.34. The van der Waals surface area contributed by atoms with E-state index in [4.69, 9.17) is 4.74 Å². The number of benzene rings is 1. The number of rotatable bonds is 4. The monoisotopic (exact) mass is 371 g/mol. The lowest BCUT2D eigenvalue weighted by molar-refractivity contribution is -0.147. The van der Waals surface area contributed by atoms with Crippen molar-refractivity contribution >= 4 is 5.91 Å². The highest BCUT2D eigenvalue weighted by Crippen LogP contribution is 2.25. The van der Waals surface area contributed by atoms with E-state index < -0.39 is 30.5 Å². The van der Waals surface area contributed by atoms with Gasteiger partial charge in [0.05, 0.1) is 5.69 Å². The number of nitrogens with one attached hydrogen (secondary N) is 1. The molecule has 26 heavy (non-hydrogen) atoms. The summed E-state index contributed by atoms with van der Waals surface area (Å²) in [6.45, 7) is -0.701. The van der Waals surface area contributed by atoms with E-state index >= 15 is 0 Å². The first-order valence-corrected chi connectivity index (χ1v) is 8.10. The van der Waals surface area contributed by atoms with Crippen LogP contribution in [0.2, 0.25) is 0 Å². The van der Waals surface area contributed by atoms with Gasteiger partial charge in [-0.1, -0.05) is 0 Å². The lowest BCUT2D eigenvalue weighted by atomic mass is 10.1. The zero-order valence-electron chi connectivity index (χ0n) is 13.7. The summed E-state index contributed by atoms with van der Waals surface area (Å²) in [4.78, 5) is 13.5. The molecule has 0 aliphatic carbocycles. The van der Waals surface area contributed by atoms with Crippen LogP contribution in [0.1, 0.15) is 23.3 Å². The van der Waals surface area contributed by atoms with Gasteiger partial charge in [-0.3, -0.25) is 9.89 Å². The van der Waals surface area contributed by atoms with Crippen LogP contribution >= 0.6 is 0 Å². The van der Waals surface area contributed by atoms with Crippen molar-refractivity contribution in [2.24, 2.45) is 0 Å². The smallest absolute Gasteiger partial charge is 0.381 e. The third-order valence-corrected chi connectivity index (χ3v) is 4.19. The van der Waals surface area contributed by atoms with Crippen LogP contribution in [0.4, 0.5) is 17.6 Å². The van der Waals surface area contributed by atoms with Crippen molar-refractivity contribution in [1.82, 2.24) is 15.1 Å². The van der Waals surface area contributed by atoms with E-state index in [2.05, 4.69) is 10.2 Å². The summed E-state index contributed by atoms with van der Waals surface area (Å²) in [5.74, 6) is -1.19. The normalized spacial score (nSPS) is 15.8. The number of ether oxygens (including phenoxy) is 1. The Morgan fingerprint density at radius 3 is 2.50 bits per heavy atom. The van der Waals surface area contributed by atoms with Crippen LogP contribution in [0.3, 0.4) is 0 Å². The molecule has 1 N–H and O–H groups in total. The van der Waals surface area contributed by atoms with Gasteiger partial charge in [0.1, 0.15) is 18.1 Å². The maximum Gasteiger partial charge on any atom is 0.406 e. The van der Waals surface area contributed by atoms with Gasteiger partial charge in [0.25, 0.3) is 5.91 Å². The second kappa shape index (κ2) is 7.45. The van der Waals surface area contributed by atoms with Gasteiger partial charge in [-0.05, 0) is 43.2 Å². The minimum Gasteiger partial charge on any atom is -0.381 e. The summed E-state index contributed by atoms with van der Waals surface area (Å²) in [5.41, 5.74) is 0.863. The van der Waals surface area contributed by atoms with E-state index in [1.54, 1.807) is 0 Å². The molecule has 2 aromatic rings. The number of aromatic nitrogens is 2. The topological polar surface area (TPSA) is 58.2 Å². The van der Waals surface area contributed by atoms with Crippen molar-refractivity contribution < 1.29 is 27.1 Å². The second-order valence-corrected chi connectivity index (χ2v) is 6.07. The molecule has 0 spiro atoms. The molecule has 1 aliphatic rings. The number of carbonyl (C=O) groups is 1. The molecule has 0 atom stereocenters. The Bertz CT molecular complexity index is 752. The Hall–Kier alpha value is -2.42. The molecule has 1 amide bonds. The molecule has 1 aromatic heterocycles. The lowest BCUT2D eigenvalue weighted by Crippen LogP contribution is -2.48. The Morgan fingerprint density at radius 2 is 1.88 bits per heavy atom. The molecule has 140 valence electrons. The highest BCUT2D eigenvalue weighted by atomic mass is 19.4. The Morgan fingerprint density at radius 1 is 1.23 bits per heavy atom. The number of aromatic amines is 1.